The van der Waals surface area contributed by atoms with Gasteiger partial charge >= 0.3 is 5.51 Å². The van der Waals surface area contributed by atoms with Crippen LogP contribution >= 0.6 is 11.8 Å². The molecule has 8 nitrogen and oxygen atoms in total. The van der Waals surface area contributed by atoms with Crippen molar-refractivity contribution >= 4 is 44.4 Å². The molecule has 226 valence electrons. The number of rotatable bonds is 9. The first kappa shape index (κ1) is 31.5. The number of anilines is 2. The number of carbonyl (C=O) groups excluding carboxylic acids is 1. The summed E-state index contributed by atoms with van der Waals surface area (Å²) in [6, 6.07) is 10.9. The van der Waals surface area contributed by atoms with Gasteiger partial charge in [-0.05, 0) is 55.9 Å². The molecule has 1 aliphatic rings. The molecule has 4 rings (SSSR count). The lowest BCUT2D eigenvalue weighted by molar-refractivity contribution is -0.0329. The molecule has 0 saturated carbocycles. The fraction of sp³-hybridized carbons (Fsp3) is 0.393. The van der Waals surface area contributed by atoms with Crippen molar-refractivity contribution in [3.05, 3.63) is 59.8 Å². The van der Waals surface area contributed by atoms with Crippen LogP contribution in [0.4, 0.5) is 28.9 Å². The third-order valence-corrected chi connectivity index (χ3v) is 8.36. The number of alkyl halides is 4. The second kappa shape index (κ2) is 13.3. The Balaban J connectivity index is 1.46. The maximum absolute atomic E-state index is 14.7. The molecule has 14 heteroatoms. The van der Waals surface area contributed by atoms with E-state index in [0.29, 0.717) is 35.4 Å². The summed E-state index contributed by atoms with van der Waals surface area (Å²) in [6.45, 7) is 1.11. The molecule has 0 bridgehead atoms. The number of pyridine rings is 1. The number of aromatic nitrogens is 1. The molecule has 1 saturated heterocycles. The molecular formula is C28H31F4N5O3S2. The van der Waals surface area contributed by atoms with Gasteiger partial charge in [0.15, 0.2) is 0 Å². The van der Waals surface area contributed by atoms with Crippen LogP contribution in [0.15, 0.2) is 53.7 Å². The lowest BCUT2D eigenvalue weighted by Gasteiger charge is -2.33. The van der Waals surface area contributed by atoms with Crippen LogP contribution in [0.2, 0.25) is 0 Å². The number of hydrogen-bond acceptors (Lipinski definition) is 7. The van der Waals surface area contributed by atoms with Gasteiger partial charge < -0.3 is 25.3 Å². The van der Waals surface area contributed by atoms with E-state index < -0.39 is 33.5 Å². The number of benzene rings is 1. The Morgan fingerprint density at radius 3 is 2.60 bits per heavy atom. The second-order valence-electron chi connectivity index (χ2n) is 10.0. The van der Waals surface area contributed by atoms with Crippen LogP contribution < -0.4 is 16.0 Å². The predicted octanol–water partition coefficient (Wildman–Crippen LogP) is 4.24. The van der Waals surface area contributed by atoms with Crippen LogP contribution in [-0.2, 0) is 9.84 Å². The van der Waals surface area contributed by atoms with Gasteiger partial charge in [0.05, 0.1) is 35.1 Å². The van der Waals surface area contributed by atoms with Gasteiger partial charge in [-0.25, -0.2) is 12.8 Å². The zero-order chi connectivity index (χ0) is 30.5. The number of thioether (sulfide) groups is 1. The van der Waals surface area contributed by atoms with Crippen molar-refractivity contribution in [3.8, 4) is 11.8 Å². The van der Waals surface area contributed by atoms with Crippen molar-refractivity contribution in [1.82, 2.24) is 14.6 Å². The lowest BCUT2D eigenvalue weighted by atomic mass is 10.0. The number of hydrogen-bond donors (Lipinski definition) is 3. The predicted molar refractivity (Wildman–Crippen MR) is 158 cm³/mol. The quantitative estimate of drug-likeness (QED) is 0.186. The summed E-state index contributed by atoms with van der Waals surface area (Å²) < 4.78 is 78.9. The molecule has 0 unspecified atom stereocenters. The average molecular weight is 626 g/mol. The van der Waals surface area contributed by atoms with Gasteiger partial charge in [-0.3, -0.25) is 4.79 Å². The number of piperidine rings is 1. The summed E-state index contributed by atoms with van der Waals surface area (Å²) in [5.74, 6) is 5.11. The minimum Gasteiger partial charge on any atom is -0.378 e. The smallest absolute Gasteiger partial charge is 0.378 e. The Bertz CT molecular complexity index is 1580. The summed E-state index contributed by atoms with van der Waals surface area (Å²) in [5.41, 5.74) is -2.37. The highest BCUT2D eigenvalue weighted by Gasteiger charge is 2.33. The van der Waals surface area contributed by atoms with E-state index in [-0.39, 0.29) is 47.7 Å². The van der Waals surface area contributed by atoms with Crippen LogP contribution in [0.1, 0.15) is 22.3 Å². The zero-order valence-corrected chi connectivity index (χ0v) is 24.6. The molecule has 2 atom stereocenters. The highest BCUT2D eigenvalue weighted by Crippen LogP contribution is 2.40. The standard InChI is InChI=1S/C28H31F4N5O3S2/c1-36-15-11-23(22(29)18-36)35-24-6-4-14-37-25(24)17-20(27(37)41-28(30,31)32)5-3-12-33-21-9-7-19(8-10-21)26(38)34-13-16-42(2,39)40/h4,6-10,14,17,22-23,33,35H,11-13,15-16,18H2,1-2H3,(H,34,38)/t22-,23+/m0/s1. The van der Waals surface area contributed by atoms with Crippen molar-refractivity contribution in [2.45, 2.75) is 29.2 Å². The molecule has 1 fully saturated rings. The fourth-order valence-electron chi connectivity index (χ4n) is 4.49. The van der Waals surface area contributed by atoms with E-state index in [9.17, 15) is 30.8 Å². The van der Waals surface area contributed by atoms with Crippen molar-refractivity contribution < 1.29 is 30.8 Å². The molecule has 0 spiro atoms. The Morgan fingerprint density at radius 2 is 1.93 bits per heavy atom. The van der Waals surface area contributed by atoms with E-state index >= 15 is 0 Å². The lowest BCUT2D eigenvalue weighted by Crippen LogP contribution is -2.46. The third-order valence-electron chi connectivity index (χ3n) is 6.57. The SMILES string of the molecule is CN1CC[C@@H](Nc2cccn3c(SC(F)(F)F)c(C#CCNc4ccc(C(=O)NCCS(C)(=O)=O)cc4)cc23)[C@@H](F)C1. The average Bonchev–Trinajstić information content (AvgIpc) is 3.24. The van der Waals surface area contributed by atoms with Gasteiger partial charge in [0.1, 0.15) is 21.0 Å². The summed E-state index contributed by atoms with van der Waals surface area (Å²) in [5, 5.41) is 8.68. The number of sulfone groups is 1. The molecule has 42 heavy (non-hydrogen) atoms. The van der Waals surface area contributed by atoms with Gasteiger partial charge in [-0.1, -0.05) is 11.8 Å². The maximum atomic E-state index is 14.7. The molecule has 1 amide bonds. The summed E-state index contributed by atoms with van der Waals surface area (Å²) in [7, 11) is -1.34. The summed E-state index contributed by atoms with van der Waals surface area (Å²) >= 11 is -0.255. The van der Waals surface area contributed by atoms with Crippen molar-refractivity contribution in [1.29, 1.82) is 0 Å². The van der Waals surface area contributed by atoms with Crippen molar-refractivity contribution in [2.24, 2.45) is 0 Å². The first-order valence-corrected chi connectivity index (χ1v) is 15.9. The molecule has 1 aromatic carbocycles. The van der Waals surface area contributed by atoms with Crippen molar-refractivity contribution in [3.63, 3.8) is 0 Å². The topological polar surface area (TPSA) is 94.9 Å². The maximum Gasteiger partial charge on any atom is 0.447 e. The summed E-state index contributed by atoms with van der Waals surface area (Å²) in [6.07, 6.45) is 2.07. The van der Waals surface area contributed by atoms with Crippen LogP contribution in [0.3, 0.4) is 0 Å². The highest BCUT2D eigenvalue weighted by atomic mass is 32.2. The molecule has 0 aliphatic carbocycles. The molecule has 2 aromatic heterocycles. The van der Waals surface area contributed by atoms with E-state index in [2.05, 4.69) is 27.8 Å². The van der Waals surface area contributed by atoms with E-state index in [4.69, 9.17) is 0 Å². The van der Waals surface area contributed by atoms with Gasteiger partial charge in [0.2, 0.25) is 0 Å². The monoisotopic (exact) mass is 625 g/mol. The van der Waals surface area contributed by atoms with E-state index in [1.807, 2.05) is 11.9 Å². The Morgan fingerprint density at radius 1 is 1.19 bits per heavy atom. The highest BCUT2D eigenvalue weighted by molar-refractivity contribution is 8.00. The normalized spacial score (nSPS) is 17.9. The minimum absolute atomic E-state index is 0.00297. The molecule has 1 aliphatic heterocycles. The Hall–Kier alpha value is -3.41. The summed E-state index contributed by atoms with van der Waals surface area (Å²) in [4.78, 5) is 14.1. The molecule has 3 aromatic rings. The Labute approximate surface area is 246 Å². The van der Waals surface area contributed by atoms with E-state index in [1.54, 1.807) is 42.5 Å². The van der Waals surface area contributed by atoms with Crippen LogP contribution in [0.5, 0.6) is 0 Å². The van der Waals surface area contributed by atoms with Crippen molar-refractivity contribution in [2.75, 3.05) is 55.9 Å². The van der Waals surface area contributed by atoms with Gasteiger partial charge in [-0.2, -0.15) is 13.2 Å². The van der Waals surface area contributed by atoms with E-state index in [1.165, 1.54) is 10.6 Å². The largest absolute Gasteiger partial charge is 0.447 e. The van der Waals surface area contributed by atoms with Gasteiger partial charge in [0, 0.05) is 55.1 Å². The van der Waals surface area contributed by atoms with E-state index in [0.717, 1.165) is 6.26 Å². The number of fused-ring (bicyclic) bond motifs is 1. The number of carbonyl (C=O) groups is 1. The number of likely N-dealkylation sites (tertiary alicyclic amines) is 1. The first-order chi connectivity index (χ1) is 19.8. The number of halogens is 4. The minimum atomic E-state index is -4.54. The van der Waals surface area contributed by atoms with Crippen LogP contribution in [-0.4, -0.2) is 86.6 Å². The Kier molecular flexibility index (Phi) is 9.96. The number of nitrogens with zero attached hydrogens (tertiary/aromatic N) is 2. The number of nitrogens with one attached hydrogen (secondary N) is 3. The van der Waals surface area contributed by atoms with Crippen LogP contribution in [0, 0.1) is 11.8 Å². The van der Waals surface area contributed by atoms with Crippen LogP contribution in [0.25, 0.3) is 5.52 Å². The fourth-order valence-corrected chi connectivity index (χ4v) is 5.66. The second-order valence-corrected chi connectivity index (χ2v) is 13.3. The molecule has 0 radical (unpaired) electrons. The zero-order valence-electron chi connectivity index (χ0n) is 23.0. The number of amides is 1. The first-order valence-electron chi connectivity index (χ1n) is 13.1. The molecule has 3 heterocycles. The third kappa shape index (κ3) is 8.80. The molecular weight excluding hydrogens is 594 g/mol. The van der Waals surface area contributed by atoms with Gasteiger partial charge in [-0.15, -0.1) is 0 Å². The van der Waals surface area contributed by atoms with Gasteiger partial charge in [0.25, 0.3) is 5.91 Å². The molecule has 3 N–H and O–H groups in total.